The van der Waals surface area contributed by atoms with Gasteiger partial charge in [-0.3, -0.25) is 4.79 Å². The van der Waals surface area contributed by atoms with Crippen LogP contribution in [0.3, 0.4) is 0 Å². The SMILES string of the molecule is CCCCCCCCCCCCCCCC(O)[C@H](CO)NC(=O)C(c1ccccc1)c1ccccc1. The summed E-state index contributed by atoms with van der Waals surface area (Å²) in [7, 11) is 0. The lowest BCUT2D eigenvalue weighted by Crippen LogP contribution is -2.47. The fourth-order valence-corrected chi connectivity index (χ4v) is 4.89. The Morgan fingerprint density at radius 3 is 1.53 bits per heavy atom. The lowest BCUT2D eigenvalue weighted by molar-refractivity contribution is -0.123. The van der Waals surface area contributed by atoms with Crippen LogP contribution < -0.4 is 5.32 Å². The highest BCUT2D eigenvalue weighted by Crippen LogP contribution is 2.25. The number of amides is 1. The van der Waals surface area contributed by atoms with Crippen molar-refractivity contribution in [3.8, 4) is 0 Å². The van der Waals surface area contributed by atoms with Crippen LogP contribution in [0.15, 0.2) is 60.7 Å². The molecule has 0 aliphatic carbocycles. The van der Waals surface area contributed by atoms with E-state index in [1.54, 1.807) is 0 Å². The number of aliphatic hydroxyl groups excluding tert-OH is 2. The molecule has 4 heteroatoms. The summed E-state index contributed by atoms with van der Waals surface area (Å²) in [5.74, 6) is -0.680. The second kappa shape index (κ2) is 19.0. The van der Waals surface area contributed by atoms with Gasteiger partial charge in [0.25, 0.3) is 0 Å². The Balaban J connectivity index is 1.68. The fourth-order valence-electron chi connectivity index (χ4n) is 4.89. The minimum Gasteiger partial charge on any atom is -0.394 e. The normalized spacial score (nSPS) is 13.0. The molecule has 0 aromatic heterocycles. The fraction of sp³-hybridized carbons (Fsp3) is 0.594. The molecule has 2 rings (SSSR count). The highest BCUT2D eigenvalue weighted by Gasteiger charge is 2.27. The molecular formula is C32H49NO3. The van der Waals surface area contributed by atoms with Gasteiger partial charge in [-0.15, -0.1) is 0 Å². The molecule has 0 bridgehead atoms. The van der Waals surface area contributed by atoms with Crippen LogP contribution in [0.2, 0.25) is 0 Å². The van der Waals surface area contributed by atoms with Crippen molar-refractivity contribution in [1.29, 1.82) is 0 Å². The van der Waals surface area contributed by atoms with Gasteiger partial charge < -0.3 is 15.5 Å². The zero-order chi connectivity index (χ0) is 25.8. The van der Waals surface area contributed by atoms with Crippen LogP contribution in [0.5, 0.6) is 0 Å². The van der Waals surface area contributed by atoms with Crippen molar-refractivity contribution in [2.75, 3.05) is 6.61 Å². The summed E-state index contributed by atoms with van der Waals surface area (Å²) in [6.45, 7) is 1.99. The highest BCUT2D eigenvalue weighted by atomic mass is 16.3. The number of aliphatic hydroxyl groups is 2. The first kappa shape index (κ1) is 30.1. The van der Waals surface area contributed by atoms with Gasteiger partial charge in [-0.2, -0.15) is 0 Å². The van der Waals surface area contributed by atoms with Crippen molar-refractivity contribution in [3.05, 3.63) is 71.8 Å². The maximum Gasteiger partial charge on any atom is 0.232 e. The Bertz CT molecular complexity index is 756. The first-order valence-corrected chi connectivity index (χ1v) is 14.4. The van der Waals surface area contributed by atoms with Gasteiger partial charge in [0.1, 0.15) is 0 Å². The number of hydrogen-bond acceptors (Lipinski definition) is 3. The third kappa shape index (κ3) is 11.7. The first-order chi connectivity index (χ1) is 17.7. The Morgan fingerprint density at radius 2 is 1.11 bits per heavy atom. The molecule has 0 aliphatic heterocycles. The van der Waals surface area contributed by atoms with E-state index in [0.717, 1.165) is 24.0 Å². The van der Waals surface area contributed by atoms with E-state index in [4.69, 9.17) is 0 Å². The molecule has 0 aliphatic rings. The lowest BCUT2D eigenvalue weighted by atomic mass is 9.90. The average Bonchev–Trinajstić information content (AvgIpc) is 2.91. The molecule has 0 saturated carbocycles. The van der Waals surface area contributed by atoms with Crippen LogP contribution >= 0.6 is 0 Å². The van der Waals surface area contributed by atoms with Gasteiger partial charge in [-0.05, 0) is 17.5 Å². The molecule has 3 N–H and O–H groups in total. The molecule has 0 heterocycles. The number of hydrogen-bond donors (Lipinski definition) is 3. The van der Waals surface area contributed by atoms with Crippen LogP contribution in [0.1, 0.15) is 114 Å². The Kier molecular flexibility index (Phi) is 15.9. The molecule has 0 saturated heterocycles. The molecule has 0 fully saturated rings. The van der Waals surface area contributed by atoms with Crippen LogP contribution in [0.4, 0.5) is 0 Å². The Hall–Kier alpha value is -2.17. The first-order valence-electron chi connectivity index (χ1n) is 14.4. The van der Waals surface area contributed by atoms with Crippen LogP contribution in [0, 0.1) is 0 Å². The van der Waals surface area contributed by atoms with E-state index in [2.05, 4.69) is 12.2 Å². The van der Waals surface area contributed by atoms with E-state index >= 15 is 0 Å². The zero-order valence-corrected chi connectivity index (χ0v) is 22.4. The molecule has 1 amide bonds. The molecule has 2 atom stereocenters. The van der Waals surface area contributed by atoms with Gasteiger partial charge >= 0.3 is 0 Å². The van der Waals surface area contributed by atoms with Crippen molar-refractivity contribution in [1.82, 2.24) is 5.32 Å². The van der Waals surface area contributed by atoms with Gasteiger partial charge in [0.05, 0.1) is 24.7 Å². The standard InChI is InChI=1S/C32H49NO3/c1-2-3-4-5-6-7-8-9-10-11-12-13-20-25-30(35)29(26-34)33-32(36)31(27-21-16-14-17-22-27)28-23-18-15-19-24-28/h14-19,21-24,29-31,34-35H,2-13,20,25-26H2,1H3,(H,33,36)/t29-,30?/m0/s1. The van der Waals surface area contributed by atoms with Gasteiger partial charge in [-0.1, -0.05) is 151 Å². The van der Waals surface area contributed by atoms with Gasteiger partial charge in [-0.25, -0.2) is 0 Å². The smallest absolute Gasteiger partial charge is 0.232 e. The predicted octanol–water partition coefficient (Wildman–Crippen LogP) is 7.14. The topological polar surface area (TPSA) is 69.6 Å². The number of benzene rings is 2. The van der Waals surface area contributed by atoms with Gasteiger partial charge in [0.15, 0.2) is 0 Å². The molecule has 1 unspecified atom stereocenters. The van der Waals surface area contributed by atoms with E-state index in [9.17, 15) is 15.0 Å². The third-order valence-corrected chi connectivity index (χ3v) is 7.12. The van der Waals surface area contributed by atoms with E-state index in [1.807, 2.05) is 60.7 Å². The molecule has 36 heavy (non-hydrogen) atoms. The number of nitrogens with one attached hydrogen (secondary N) is 1. The van der Waals surface area contributed by atoms with E-state index in [1.165, 1.54) is 70.6 Å². The van der Waals surface area contributed by atoms with E-state index < -0.39 is 18.1 Å². The highest BCUT2D eigenvalue weighted by molar-refractivity contribution is 5.87. The largest absolute Gasteiger partial charge is 0.394 e. The monoisotopic (exact) mass is 495 g/mol. The quantitative estimate of drug-likeness (QED) is 0.171. The summed E-state index contributed by atoms with van der Waals surface area (Å²) >= 11 is 0. The Morgan fingerprint density at radius 1 is 0.694 bits per heavy atom. The van der Waals surface area contributed by atoms with Gasteiger partial charge in [0, 0.05) is 0 Å². The second-order valence-corrected chi connectivity index (χ2v) is 10.2. The van der Waals surface area contributed by atoms with Crippen LogP contribution in [-0.4, -0.2) is 34.9 Å². The number of carbonyl (C=O) groups is 1. The maximum absolute atomic E-state index is 13.3. The summed E-state index contributed by atoms with van der Waals surface area (Å²) in [6.07, 6.45) is 16.5. The van der Waals surface area contributed by atoms with E-state index in [-0.39, 0.29) is 12.5 Å². The second-order valence-electron chi connectivity index (χ2n) is 10.2. The summed E-state index contributed by atoms with van der Waals surface area (Å²) < 4.78 is 0. The van der Waals surface area contributed by atoms with Crippen molar-refractivity contribution in [2.24, 2.45) is 0 Å². The minimum atomic E-state index is -0.751. The van der Waals surface area contributed by atoms with Crippen molar-refractivity contribution in [3.63, 3.8) is 0 Å². The molecule has 0 radical (unpaired) electrons. The summed E-state index contributed by atoms with van der Waals surface area (Å²) in [5.41, 5.74) is 1.78. The Labute approximate surface area is 219 Å². The molecule has 4 nitrogen and oxygen atoms in total. The summed E-state index contributed by atoms with van der Waals surface area (Å²) in [6, 6.07) is 18.6. The molecular weight excluding hydrogens is 446 g/mol. The third-order valence-electron chi connectivity index (χ3n) is 7.12. The van der Waals surface area contributed by atoms with Crippen molar-refractivity contribution < 1.29 is 15.0 Å². The number of unbranched alkanes of at least 4 members (excludes halogenated alkanes) is 12. The van der Waals surface area contributed by atoms with Gasteiger partial charge in [0.2, 0.25) is 5.91 Å². The average molecular weight is 496 g/mol. The lowest BCUT2D eigenvalue weighted by Gasteiger charge is -2.25. The maximum atomic E-state index is 13.3. The number of rotatable bonds is 20. The molecule has 2 aromatic carbocycles. The van der Waals surface area contributed by atoms with Crippen LogP contribution in [-0.2, 0) is 4.79 Å². The number of carbonyl (C=O) groups excluding carboxylic acids is 1. The van der Waals surface area contributed by atoms with Crippen molar-refractivity contribution in [2.45, 2.75) is 115 Å². The van der Waals surface area contributed by atoms with Crippen molar-refractivity contribution >= 4 is 5.91 Å². The zero-order valence-electron chi connectivity index (χ0n) is 22.4. The summed E-state index contributed by atoms with van der Waals surface area (Å²) in [5, 5.41) is 23.5. The van der Waals surface area contributed by atoms with Crippen LogP contribution in [0.25, 0.3) is 0 Å². The minimum absolute atomic E-state index is 0.198. The van der Waals surface area contributed by atoms with E-state index in [0.29, 0.717) is 6.42 Å². The summed E-state index contributed by atoms with van der Waals surface area (Å²) in [4.78, 5) is 13.3. The predicted molar refractivity (Wildman–Crippen MR) is 150 cm³/mol. The molecule has 0 spiro atoms. The molecule has 200 valence electrons. The molecule has 2 aromatic rings.